The van der Waals surface area contributed by atoms with Crippen molar-refractivity contribution < 1.29 is 4.74 Å². The molecule has 0 aliphatic carbocycles. The molecule has 1 saturated heterocycles. The number of hydrogen-bond donors (Lipinski definition) is 1. The average Bonchev–Trinajstić information content (AvgIpc) is 3.19. The Kier molecular flexibility index (Phi) is 10.5. The van der Waals surface area contributed by atoms with Crippen LogP contribution in [0.25, 0.3) is 0 Å². The number of likely N-dealkylation sites (tertiary alicyclic amines) is 1. The normalized spacial score (nSPS) is 16.5. The Morgan fingerprint density at radius 1 is 1.29 bits per heavy atom. The molecule has 1 N–H and O–H groups in total. The van der Waals surface area contributed by atoms with Crippen molar-refractivity contribution in [2.24, 2.45) is 10.9 Å². The van der Waals surface area contributed by atoms with E-state index in [1.165, 1.54) is 11.3 Å². The first kappa shape index (κ1) is 22.8. The third-order valence-corrected chi connectivity index (χ3v) is 5.65. The van der Waals surface area contributed by atoms with Crippen LogP contribution < -0.4 is 10.1 Å². The van der Waals surface area contributed by atoms with Gasteiger partial charge in [-0.1, -0.05) is 18.2 Å². The molecule has 1 aromatic carbocycles. The fraction of sp³-hybridized carbons (Fsp3) is 0.429. The van der Waals surface area contributed by atoms with Gasteiger partial charge in [-0.2, -0.15) is 0 Å². The molecule has 2 aromatic rings. The van der Waals surface area contributed by atoms with Crippen LogP contribution in [-0.2, 0) is 0 Å². The molecule has 5 nitrogen and oxygen atoms in total. The van der Waals surface area contributed by atoms with Gasteiger partial charge in [0, 0.05) is 36.5 Å². The first-order valence-corrected chi connectivity index (χ1v) is 10.6. The molecule has 0 saturated carbocycles. The maximum absolute atomic E-state index is 5.69. The molecule has 0 radical (unpaired) electrons. The van der Waals surface area contributed by atoms with E-state index in [1.54, 1.807) is 12.4 Å². The molecule has 152 valence electrons. The van der Waals surface area contributed by atoms with Crippen molar-refractivity contribution >= 4 is 41.7 Å². The van der Waals surface area contributed by atoms with Gasteiger partial charge in [0.1, 0.15) is 12.4 Å². The zero-order valence-electron chi connectivity index (χ0n) is 16.3. The van der Waals surface area contributed by atoms with Gasteiger partial charge in [0.05, 0.1) is 12.7 Å². The van der Waals surface area contributed by atoms with Crippen LogP contribution in [0.2, 0.25) is 0 Å². The van der Waals surface area contributed by atoms with Gasteiger partial charge >= 0.3 is 0 Å². The van der Waals surface area contributed by atoms with Gasteiger partial charge < -0.3 is 15.0 Å². The average molecular weight is 512 g/mol. The summed E-state index contributed by atoms with van der Waals surface area (Å²) >= 11 is 1.95. The molecular weight excluding hydrogens is 483 g/mol. The van der Waals surface area contributed by atoms with Crippen LogP contribution in [0.5, 0.6) is 5.75 Å². The van der Waals surface area contributed by atoms with E-state index in [1.807, 2.05) is 23.9 Å². The van der Waals surface area contributed by atoms with E-state index in [4.69, 9.17) is 9.73 Å². The number of nitrogens with zero attached hydrogens (tertiary/aromatic N) is 3. The second kappa shape index (κ2) is 12.9. The molecule has 0 bridgehead atoms. The monoisotopic (exact) mass is 512 g/mol. The van der Waals surface area contributed by atoms with Crippen molar-refractivity contribution in [2.75, 3.05) is 38.5 Å². The first-order valence-electron chi connectivity index (χ1n) is 9.59. The quantitative estimate of drug-likeness (QED) is 0.189. The predicted octanol–water partition coefficient (Wildman–Crippen LogP) is 4.16. The molecule has 0 spiro atoms. The molecular formula is C21H29IN4OS. The Morgan fingerprint density at radius 3 is 2.89 bits per heavy atom. The minimum Gasteiger partial charge on any atom is -0.490 e. The number of thioether (sulfide) groups is 1. The number of pyridine rings is 1. The molecule has 7 heteroatoms. The van der Waals surface area contributed by atoms with Crippen LogP contribution in [-0.4, -0.2) is 54.4 Å². The lowest BCUT2D eigenvalue weighted by Crippen LogP contribution is -2.40. The number of nitrogens with one attached hydrogen (secondary N) is 1. The Balaban J connectivity index is 0.00000280. The maximum atomic E-state index is 5.69. The van der Waals surface area contributed by atoms with Crippen LogP contribution in [0.4, 0.5) is 0 Å². The van der Waals surface area contributed by atoms with Gasteiger partial charge in [0.2, 0.25) is 0 Å². The summed E-state index contributed by atoms with van der Waals surface area (Å²) in [6.07, 6.45) is 4.69. The number of guanidine groups is 1. The first-order chi connectivity index (χ1) is 13.3. The molecule has 28 heavy (non-hydrogen) atoms. The third-order valence-electron chi connectivity index (χ3n) is 4.41. The molecule has 1 fully saturated rings. The van der Waals surface area contributed by atoms with Gasteiger partial charge in [-0.15, -0.1) is 35.7 Å². The topological polar surface area (TPSA) is 49.8 Å². The van der Waals surface area contributed by atoms with Crippen molar-refractivity contribution in [1.29, 1.82) is 0 Å². The SMILES string of the molecule is CCNC(=NCCOc1cccnc1)N1CCC(CSc2ccccc2)C1.I. The van der Waals surface area contributed by atoms with Crippen molar-refractivity contribution in [3.8, 4) is 5.75 Å². The number of hydrogen-bond acceptors (Lipinski definition) is 4. The number of rotatable bonds is 8. The number of benzene rings is 1. The highest BCUT2D eigenvalue weighted by Crippen LogP contribution is 2.25. The number of aromatic nitrogens is 1. The van der Waals surface area contributed by atoms with Gasteiger partial charge in [-0.25, -0.2) is 4.99 Å². The van der Waals surface area contributed by atoms with E-state index in [0.29, 0.717) is 19.1 Å². The molecule has 1 atom stereocenters. The van der Waals surface area contributed by atoms with Gasteiger partial charge in [0.15, 0.2) is 5.96 Å². The minimum absolute atomic E-state index is 0. The summed E-state index contributed by atoms with van der Waals surface area (Å²) in [6.45, 7) is 6.31. The van der Waals surface area contributed by atoms with Gasteiger partial charge in [-0.05, 0) is 43.5 Å². The number of halogens is 1. The fourth-order valence-electron chi connectivity index (χ4n) is 3.07. The minimum atomic E-state index is 0. The highest BCUT2D eigenvalue weighted by atomic mass is 127. The summed E-state index contributed by atoms with van der Waals surface area (Å²) in [7, 11) is 0. The van der Waals surface area contributed by atoms with E-state index in [-0.39, 0.29) is 24.0 Å². The van der Waals surface area contributed by atoms with Crippen molar-refractivity contribution in [3.05, 3.63) is 54.9 Å². The Bertz CT molecular complexity index is 702. The van der Waals surface area contributed by atoms with Crippen LogP contribution in [0.3, 0.4) is 0 Å². The number of ether oxygens (including phenoxy) is 1. The van der Waals surface area contributed by atoms with Gasteiger partial charge in [-0.3, -0.25) is 4.98 Å². The van der Waals surface area contributed by atoms with E-state index in [9.17, 15) is 0 Å². The second-order valence-electron chi connectivity index (χ2n) is 6.50. The predicted molar refractivity (Wildman–Crippen MR) is 128 cm³/mol. The van der Waals surface area contributed by atoms with Crippen LogP contribution in [0, 0.1) is 5.92 Å². The smallest absolute Gasteiger partial charge is 0.194 e. The van der Waals surface area contributed by atoms with E-state index in [2.05, 4.69) is 52.5 Å². The third kappa shape index (κ3) is 7.50. The van der Waals surface area contributed by atoms with E-state index < -0.39 is 0 Å². The summed E-state index contributed by atoms with van der Waals surface area (Å²) in [4.78, 5) is 12.5. The van der Waals surface area contributed by atoms with Gasteiger partial charge in [0.25, 0.3) is 0 Å². The Labute approximate surface area is 189 Å². The molecule has 0 amide bonds. The van der Waals surface area contributed by atoms with Crippen molar-refractivity contribution in [1.82, 2.24) is 15.2 Å². The highest BCUT2D eigenvalue weighted by molar-refractivity contribution is 14.0. The molecule has 1 aliphatic heterocycles. The highest BCUT2D eigenvalue weighted by Gasteiger charge is 2.24. The lowest BCUT2D eigenvalue weighted by molar-refractivity contribution is 0.326. The fourth-order valence-corrected chi connectivity index (χ4v) is 4.12. The van der Waals surface area contributed by atoms with Crippen molar-refractivity contribution in [3.63, 3.8) is 0 Å². The summed E-state index contributed by atoms with van der Waals surface area (Å²) < 4.78 is 5.69. The Morgan fingerprint density at radius 2 is 2.14 bits per heavy atom. The maximum Gasteiger partial charge on any atom is 0.194 e. The molecule has 2 heterocycles. The lowest BCUT2D eigenvalue weighted by atomic mass is 10.2. The summed E-state index contributed by atoms with van der Waals surface area (Å²) in [5, 5.41) is 3.42. The van der Waals surface area contributed by atoms with E-state index in [0.717, 1.165) is 37.1 Å². The van der Waals surface area contributed by atoms with Crippen LogP contribution >= 0.6 is 35.7 Å². The zero-order valence-corrected chi connectivity index (χ0v) is 19.4. The molecule has 3 rings (SSSR count). The summed E-state index contributed by atoms with van der Waals surface area (Å²) in [6, 6.07) is 14.4. The molecule has 1 aliphatic rings. The lowest BCUT2D eigenvalue weighted by Gasteiger charge is -2.21. The van der Waals surface area contributed by atoms with Crippen LogP contribution in [0.15, 0.2) is 64.7 Å². The second-order valence-corrected chi connectivity index (χ2v) is 7.59. The molecule has 1 unspecified atom stereocenters. The van der Waals surface area contributed by atoms with Crippen molar-refractivity contribution in [2.45, 2.75) is 18.2 Å². The zero-order chi connectivity index (χ0) is 18.7. The van der Waals surface area contributed by atoms with E-state index >= 15 is 0 Å². The van der Waals surface area contributed by atoms with Crippen LogP contribution in [0.1, 0.15) is 13.3 Å². The standard InChI is InChI=1S/C21H28N4OS.HI/c1-2-23-21(24-12-14-26-19-7-6-11-22-15-19)25-13-10-18(16-25)17-27-20-8-4-3-5-9-20;/h3-9,11,15,18H,2,10,12-14,16-17H2,1H3,(H,23,24);1H. The summed E-state index contributed by atoms with van der Waals surface area (Å²) in [5.41, 5.74) is 0. The largest absolute Gasteiger partial charge is 0.490 e. The Hall–Kier alpha value is -1.48. The summed E-state index contributed by atoms with van der Waals surface area (Å²) in [5.74, 6) is 3.64. The molecule has 1 aromatic heterocycles. The number of aliphatic imine (C=N–C) groups is 1.